The Labute approximate surface area is 362 Å². The van der Waals surface area contributed by atoms with Crippen molar-refractivity contribution >= 4 is 24.7 Å². The number of benzene rings is 2. The van der Waals surface area contributed by atoms with Crippen LogP contribution in [0.3, 0.4) is 0 Å². The van der Waals surface area contributed by atoms with Crippen LogP contribution in [0.25, 0.3) is 0 Å². The van der Waals surface area contributed by atoms with Crippen molar-refractivity contribution in [1.82, 2.24) is 0 Å². The van der Waals surface area contributed by atoms with Crippen LogP contribution in [-0.4, -0.2) is 160 Å². The smallest absolute Gasteiger partial charge is 0.308 e. The zero-order chi connectivity index (χ0) is 43.3. The molecule has 0 amide bonds. The van der Waals surface area contributed by atoms with Crippen LogP contribution in [0.15, 0.2) is 60.7 Å². The number of ether oxygens (including phenoxy) is 11. The fraction of sp³-hybridized carbons (Fsp3) is 0.717. The molecule has 0 saturated carbocycles. The monoisotopic (exact) mass is 867 g/mol. The van der Waals surface area contributed by atoms with Gasteiger partial charge in [-0.1, -0.05) is 108 Å². The van der Waals surface area contributed by atoms with Crippen molar-refractivity contribution in [3.8, 4) is 0 Å². The first-order valence-electron chi connectivity index (χ1n) is 22.1. The Hall–Kier alpha value is -2.31. The van der Waals surface area contributed by atoms with Crippen molar-refractivity contribution in [3.63, 3.8) is 0 Å². The zero-order valence-corrected chi connectivity index (χ0v) is 38.5. The first-order valence-corrected chi connectivity index (χ1v) is 24.0. The molecule has 14 heteroatoms. The van der Waals surface area contributed by atoms with E-state index >= 15 is 0 Å². The van der Waals surface area contributed by atoms with Crippen molar-refractivity contribution in [2.75, 3.05) is 145 Å². The number of esters is 1. The maximum Gasteiger partial charge on any atom is 0.308 e. The van der Waals surface area contributed by atoms with Gasteiger partial charge in [-0.25, -0.2) is 0 Å². The summed E-state index contributed by atoms with van der Waals surface area (Å²) in [6.45, 7) is 21.5. The van der Waals surface area contributed by atoms with E-state index in [1.165, 1.54) is 10.4 Å². The Balaban J connectivity index is 1.28. The lowest BCUT2D eigenvalue weighted by Crippen LogP contribution is -2.66. The fourth-order valence-electron chi connectivity index (χ4n) is 6.35. The van der Waals surface area contributed by atoms with Gasteiger partial charge in [-0.05, 0) is 28.3 Å². The molecule has 344 valence electrons. The van der Waals surface area contributed by atoms with Crippen LogP contribution < -0.4 is 10.4 Å². The number of unbranched alkanes of at least 4 members (excludes halogenated alkanes) is 1. The average molecular weight is 867 g/mol. The topological polar surface area (TPSA) is 128 Å². The molecule has 2 aromatic rings. The molecule has 60 heavy (non-hydrogen) atoms. The highest BCUT2D eigenvalue weighted by molar-refractivity contribution is 6.99. The summed E-state index contributed by atoms with van der Waals surface area (Å²) in [5.74, 6) is -0.128. The van der Waals surface area contributed by atoms with E-state index in [4.69, 9.17) is 56.5 Å². The highest BCUT2D eigenvalue weighted by Crippen LogP contribution is 2.36. The zero-order valence-electron chi connectivity index (χ0n) is 37.5. The van der Waals surface area contributed by atoms with Crippen LogP contribution in [0.4, 0.5) is 0 Å². The average Bonchev–Trinajstić information content (AvgIpc) is 3.25. The molecule has 1 atom stereocenters. The van der Waals surface area contributed by atoms with Crippen molar-refractivity contribution in [2.45, 2.75) is 65.3 Å². The molecule has 0 aliphatic rings. The lowest BCUT2D eigenvalue weighted by Gasteiger charge is -2.43. The molecule has 2 rings (SSSR count). The molecule has 2 aromatic carbocycles. The van der Waals surface area contributed by atoms with Gasteiger partial charge >= 0.3 is 5.97 Å². The summed E-state index contributed by atoms with van der Waals surface area (Å²) in [5, 5.41) is 2.47. The van der Waals surface area contributed by atoms with Crippen molar-refractivity contribution in [3.05, 3.63) is 60.7 Å². The van der Waals surface area contributed by atoms with Gasteiger partial charge in [0.2, 0.25) is 0 Å². The minimum atomic E-state index is -2.55. The van der Waals surface area contributed by atoms with Gasteiger partial charge in [0.25, 0.3) is 8.32 Å². The fourth-order valence-corrected chi connectivity index (χ4v) is 10.9. The van der Waals surface area contributed by atoms with Gasteiger partial charge in [0, 0.05) is 0 Å². The summed E-state index contributed by atoms with van der Waals surface area (Å²) < 4.78 is 67.9. The molecule has 13 nitrogen and oxygen atoms in total. The summed E-state index contributed by atoms with van der Waals surface area (Å²) in [4.78, 5) is 12.1. The Morgan fingerprint density at radius 2 is 0.767 bits per heavy atom. The molecule has 0 aromatic heterocycles. The largest absolute Gasteiger partial charge is 0.463 e. The van der Waals surface area contributed by atoms with Crippen molar-refractivity contribution in [2.24, 2.45) is 5.92 Å². The third-order valence-electron chi connectivity index (χ3n) is 9.52. The van der Waals surface area contributed by atoms with E-state index in [0.29, 0.717) is 139 Å². The number of hydrogen-bond acceptors (Lipinski definition) is 13. The van der Waals surface area contributed by atoms with Crippen LogP contribution in [-0.2, 0) is 61.3 Å². The quantitative estimate of drug-likeness (QED) is 0.0476. The van der Waals surface area contributed by atoms with Gasteiger partial charge in [0.15, 0.2) is 0 Å². The second-order valence-corrected chi connectivity index (χ2v) is 19.4. The number of carbonyl (C=O) groups is 1. The van der Waals surface area contributed by atoms with E-state index in [1.807, 2.05) is 6.92 Å². The van der Waals surface area contributed by atoms with E-state index in [-0.39, 0.29) is 23.5 Å². The lowest BCUT2D eigenvalue weighted by molar-refractivity contribution is -0.150. The van der Waals surface area contributed by atoms with Gasteiger partial charge in [0.05, 0.1) is 145 Å². The molecule has 0 aliphatic carbocycles. The van der Waals surface area contributed by atoms with Crippen molar-refractivity contribution in [1.29, 1.82) is 0 Å². The van der Waals surface area contributed by atoms with Gasteiger partial charge in [-0.2, -0.15) is 0 Å². The molecule has 0 saturated heterocycles. The molecule has 0 heterocycles. The van der Waals surface area contributed by atoms with Crippen LogP contribution in [0.2, 0.25) is 5.04 Å². The molecular formula is C46H78O13Si. The van der Waals surface area contributed by atoms with Crippen LogP contribution in [0, 0.1) is 5.92 Å². The normalized spacial score (nSPS) is 12.6. The number of carbonyl (C=O) groups excluding carboxylic acids is 1. The summed E-state index contributed by atoms with van der Waals surface area (Å²) in [5.41, 5.74) is 0. The summed E-state index contributed by atoms with van der Waals surface area (Å²) in [6.07, 6.45) is 3.83. The van der Waals surface area contributed by atoms with E-state index < -0.39 is 8.32 Å². The highest BCUT2D eigenvalue weighted by atomic mass is 28.4. The minimum absolute atomic E-state index is 0.00713. The Morgan fingerprint density at radius 1 is 0.467 bits per heavy atom. The molecule has 0 N–H and O–H groups in total. The van der Waals surface area contributed by atoms with Gasteiger partial charge in [0.1, 0.15) is 6.61 Å². The number of hydrogen-bond donors (Lipinski definition) is 0. The lowest BCUT2D eigenvalue weighted by atomic mass is 10.00. The first-order chi connectivity index (χ1) is 29.4. The minimum Gasteiger partial charge on any atom is -0.463 e. The summed E-state index contributed by atoms with van der Waals surface area (Å²) in [6, 6.07) is 21.3. The van der Waals surface area contributed by atoms with E-state index in [2.05, 4.69) is 88.4 Å². The molecule has 0 bridgehead atoms. The Kier molecular flexibility index (Phi) is 32.5. The molecule has 0 spiro atoms. The van der Waals surface area contributed by atoms with Crippen LogP contribution >= 0.6 is 0 Å². The predicted octanol–water partition coefficient (Wildman–Crippen LogP) is 5.49. The number of rotatable bonds is 41. The standard InChI is InChI=1S/C46H78O13Si/c1-6-8-15-42(7-2)45(47)58-40-38-56-36-34-54-32-30-52-28-26-50-24-22-48-20-21-49-23-25-51-27-29-53-31-33-55-35-37-57-39-41-59-60(46(3,4)5,43-16-11-9-12-17-43)44-18-13-10-14-19-44/h9-14,16-19,42H,6-8,15,20-41H2,1-5H3. The summed E-state index contributed by atoms with van der Waals surface area (Å²) >= 11 is 0. The van der Waals surface area contributed by atoms with Gasteiger partial charge < -0.3 is 56.5 Å². The third kappa shape index (κ3) is 24.4. The predicted molar refractivity (Wildman–Crippen MR) is 236 cm³/mol. The second kappa shape index (κ2) is 36.2. The molecular weight excluding hydrogens is 789 g/mol. The first kappa shape index (κ1) is 53.8. The van der Waals surface area contributed by atoms with Crippen LogP contribution in [0.5, 0.6) is 0 Å². The van der Waals surface area contributed by atoms with Gasteiger partial charge in [-0.3, -0.25) is 4.79 Å². The molecule has 0 fully saturated rings. The third-order valence-corrected chi connectivity index (χ3v) is 14.6. The maximum absolute atomic E-state index is 12.1. The maximum atomic E-state index is 12.1. The molecule has 0 aliphatic heterocycles. The summed E-state index contributed by atoms with van der Waals surface area (Å²) in [7, 11) is -2.55. The SMILES string of the molecule is CCCCC(CC)C(=O)OCCOCCOCCOCCOCCOCCOCCOCCOCCOCCOCCO[Si](c1ccccc1)(c1ccccc1)C(C)(C)C. The highest BCUT2D eigenvalue weighted by Gasteiger charge is 2.50. The Bertz CT molecular complexity index is 1210. The van der Waals surface area contributed by atoms with Gasteiger partial charge in [-0.15, -0.1) is 0 Å². The molecule has 1 unspecified atom stereocenters. The van der Waals surface area contributed by atoms with E-state index in [1.54, 1.807) is 0 Å². The second-order valence-electron chi connectivity index (χ2n) is 15.1. The van der Waals surface area contributed by atoms with Crippen LogP contribution in [0.1, 0.15) is 60.3 Å². The van der Waals surface area contributed by atoms with E-state index in [0.717, 1.165) is 25.7 Å². The Morgan fingerprint density at radius 3 is 1.05 bits per heavy atom. The van der Waals surface area contributed by atoms with E-state index in [9.17, 15) is 4.79 Å². The van der Waals surface area contributed by atoms with Crippen molar-refractivity contribution < 1.29 is 61.3 Å². The molecule has 0 radical (unpaired) electrons.